The van der Waals surface area contributed by atoms with Crippen LogP contribution in [0.5, 0.6) is 0 Å². The molecule has 0 saturated carbocycles. The Hall–Kier alpha value is -2.38. The van der Waals surface area contributed by atoms with Gasteiger partial charge in [-0.3, -0.25) is 4.79 Å². The maximum atomic E-state index is 12.7. The first-order valence-corrected chi connectivity index (χ1v) is 10.6. The summed E-state index contributed by atoms with van der Waals surface area (Å²) in [7, 11) is -1.88. The number of hydrogen-bond donors (Lipinski definition) is 1. The van der Waals surface area contributed by atoms with Gasteiger partial charge in [0.1, 0.15) is 0 Å². The standard InChI is InChI=1S/C20H23N3O3S/c1-22-19-8-7-18(11-16(19)12-20(22)24)27(25,26)21-13-15-9-10-23(14-15)17-5-3-2-4-6-17/h2-8,11,15,21H,9-10,12-14H2,1H3. The molecule has 2 heterocycles. The Morgan fingerprint density at radius 1 is 1.15 bits per heavy atom. The molecule has 27 heavy (non-hydrogen) atoms. The fourth-order valence-corrected chi connectivity index (χ4v) is 4.96. The molecule has 0 radical (unpaired) electrons. The number of nitrogens with one attached hydrogen (secondary N) is 1. The number of sulfonamides is 1. The lowest BCUT2D eigenvalue weighted by molar-refractivity contribution is -0.117. The Balaban J connectivity index is 1.40. The van der Waals surface area contributed by atoms with E-state index in [-0.39, 0.29) is 23.1 Å². The number of likely N-dealkylation sites (N-methyl/N-ethyl adjacent to an activating group) is 1. The van der Waals surface area contributed by atoms with E-state index in [0.29, 0.717) is 6.54 Å². The third-order valence-electron chi connectivity index (χ3n) is 5.41. The number of benzene rings is 2. The lowest BCUT2D eigenvalue weighted by Gasteiger charge is -2.18. The summed E-state index contributed by atoms with van der Waals surface area (Å²) in [6.45, 7) is 2.20. The first-order valence-electron chi connectivity index (χ1n) is 9.13. The van der Waals surface area contributed by atoms with Crippen LogP contribution >= 0.6 is 0 Å². The van der Waals surface area contributed by atoms with E-state index < -0.39 is 10.0 Å². The summed E-state index contributed by atoms with van der Waals surface area (Å²) in [5, 5.41) is 0. The Kier molecular flexibility index (Phi) is 4.65. The summed E-state index contributed by atoms with van der Waals surface area (Å²) in [6, 6.07) is 15.1. The number of amides is 1. The van der Waals surface area contributed by atoms with Crippen LogP contribution in [0.2, 0.25) is 0 Å². The van der Waals surface area contributed by atoms with Gasteiger partial charge in [-0.05, 0) is 48.2 Å². The number of anilines is 2. The van der Waals surface area contributed by atoms with Gasteiger partial charge in [-0.15, -0.1) is 0 Å². The average molecular weight is 385 g/mol. The molecule has 1 unspecified atom stereocenters. The quantitative estimate of drug-likeness (QED) is 0.855. The van der Waals surface area contributed by atoms with E-state index in [0.717, 1.165) is 30.8 Å². The molecule has 1 fully saturated rings. The highest BCUT2D eigenvalue weighted by Gasteiger charge is 2.28. The van der Waals surface area contributed by atoms with E-state index in [1.54, 1.807) is 30.1 Å². The number of carbonyl (C=O) groups is 1. The van der Waals surface area contributed by atoms with Crippen molar-refractivity contribution in [1.82, 2.24) is 4.72 Å². The molecule has 0 aliphatic carbocycles. The minimum atomic E-state index is -3.58. The maximum Gasteiger partial charge on any atom is 0.240 e. The molecule has 0 aromatic heterocycles. The molecule has 2 aliphatic rings. The third kappa shape index (κ3) is 3.57. The molecule has 1 atom stereocenters. The molecule has 0 spiro atoms. The zero-order chi connectivity index (χ0) is 19.0. The van der Waals surface area contributed by atoms with Crippen molar-refractivity contribution in [2.45, 2.75) is 17.7 Å². The Morgan fingerprint density at radius 2 is 1.93 bits per heavy atom. The average Bonchev–Trinajstić information content (AvgIpc) is 3.26. The van der Waals surface area contributed by atoms with Crippen molar-refractivity contribution < 1.29 is 13.2 Å². The van der Waals surface area contributed by atoms with E-state index in [9.17, 15) is 13.2 Å². The van der Waals surface area contributed by atoms with Crippen LogP contribution in [-0.2, 0) is 21.2 Å². The molecule has 2 aromatic carbocycles. The summed E-state index contributed by atoms with van der Waals surface area (Å²) in [6.07, 6.45) is 1.21. The van der Waals surface area contributed by atoms with Crippen LogP contribution in [0.4, 0.5) is 11.4 Å². The normalized spacial score (nSPS) is 19.6. The topological polar surface area (TPSA) is 69.7 Å². The number of hydrogen-bond acceptors (Lipinski definition) is 4. The van der Waals surface area contributed by atoms with Crippen molar-refractivity contribution in [3.8, 4) is 0 Å². The molecule has 1 amide bonds. The van der Waals surface area contributed by atoms with Gasteiger partial charge in [-0.2, -0.15) is 0 Å². The molecule has 0 bridgehead atoms. The molecular formula is C20H23N3O3S. The monoisotopic (exact) mass is 385 g/mol. The van der Waals surface area contributed by atoms with E-state index in [2.05, 4.69) is 21.8 Å². The highest BCUT2D eigenvalue weighted by Crippen LogP contribution is 2.30. The van der Waals surface area contributed by atoms with Gasteiger partial charge in [0.2, 0.25) is 15.9 Å². The Labute approximate surface area is 159 Å². The summed E-state index contributed by atoms with van der Waals surface area (Å²) in [4.78, 5) is 15.9. The maximum absolute atomic E-state index is 12.7. The van der Waals surface area contributed by atoms with Gasteiger partial charge < -0.3 is 9.80 Å². The predicted molar refractivity (Wildman–Crippen MR) is 106 cm³/mol. The number of fused-ring (bicyclic) bond motifs is 1. The zero-order valence-corrected chi connectivity index (χ0v) is 16.1. The lowest BCUT2D eigenvalue weighted by atomic mass is 10.1. The predicted octanol–water partition coefficient (Wildman–Crippen LogP) is 2.01. The molecular weight excluding hydrogens is 362 g/mol. The Morgan fingerprint density at radius 3 is 2.70 bits per heavy atom. The SMILES string of the molecule is CN1C(=O)Cc2cc(S(=O)(=O)NCC3CCN(c4ccccc4)C3)ccc21. The number of nitrogens with zero attached hydrogens (tertiary/aromatic N) is 2. The van der Waals surface area contributed by atoms with Gasteiger partial charge in [-0.25, -0.2) is 13.1 Å². The van der Waals surface area contributed by atoms with Crippen LogP contribution in [0.1, 0.15) is 12.0 Å². The van der Waals surface area contributed by atoms with Gasteiger partial charge in [0.25, 0.3) is 0 Å². The second kappa shape index (κ2) is 6.98. The molecule has 7 heteroatoms. The minimum Gasteiger partial charge on any atom is -0.371 e. The minimum absolute atomic E-state index is 0.0144. The van der Waals surface area contributed by atoms with Gasteiger partial charge in [0.15, 0.2) is 0 Å². The van der Waals surface area contributed by atoms with E-state index >= 15 is 0 Å². The first-order chi connectivity index (χ1) is 12.9. The highest BCUT2D eigenvalue weighted by molar-refractivity contribution is 7.89. The third-order valence-corrected chi connectivity index (χ3v) is 6.83. The Bertz CT molecular complexity index is 960. The van der Waals surface area contributed by atoms with Crippen molar-refractivity contribution >= 4 is 27.3 Å². The van der Waals surface area contributed by atoms with Crippen LogP contribution in [0.15, 0.2) is 53.4 Å². The second-order valence-electron chi connectivity index (χ2n) is 7.21. The largest absolute Gasteiger partial charge is 0.371 e. The van der Waals surface area contributed by atoms with E-state index in [1.807, 2.05) is 18.2 Å². The van der Waals surface area contributed by atoms with Gasteiger partial charge in [0, 0.05) is 38.1 Å². The second-order valence-corrected chi connectivity index (χ2v) is 8.98. The fourth-order valence-electron chi connectivity index (χ4n) is 3.80. The summed E-state index contributed by atoms with van der Waals surface area (Å²) < 4.78 is 28.1. The van der Waals surface area contributed by atoms with Crippen LogP contribution in [0.25, 0.3) is 0 Å². The van der Waals surface area contributed by atoms with E-state index in [1.165, 1.54) is 5.69 Å². The van der Waals surface area contributed by atoms with Crippen LogP contribution in [0.3, 0.4) is 0 Å². The number of para-hydroxylation sites is 1. The molecule has 2 aromatic rings. The van der Waals surface area contributed by atoms with Crippen LogP contribution in [-0.4, -0.2) is 41.0 Å². The lowest BCUT2D eigenvalue weighted by Crippen LogP contribution is -2.31. The van der Waals surface area contributed by atoms with Crippen molar-refractivity contribution in [2.75, 3.05) is 36.5 Å². The van der Waals surface area contributed by atoms with Gasteiger partial charge in [0.05, 0.1) is 11.3 Å². The molecule has 2 aliphatic heterocycles. The molecule has 6 nitrogen and oxygen atoms in total. The van der Waals surface area contributed by atoms with Gasteiger partial charge >= 0.3 is 0 Å². The number of rotatable bonds is 5. The first kappa shape index (κ1) is 18.0. The van der Waals surface area contributed by atoms with Crippen LogP contribution in [0, 0.1) is 5.92 Å². The van der Waals surface area contributed by atoms with Crippen molar-refractivity contribution in [3.05, 3.63) is 54.1 Å². The van der Waals surface area contributed by atoms with E-state index in [4.69, 9.17) is 0 Å². The zero-order valence-electron chi connectivity index (χ0n) is 15.3. The van der Waals surface area contributed by atoms with Crippen molar-refractivity contribution in [1.29, 1.82) is 0 Å². The molecule has 1 N–H and O–H groups in total. The summed E-state index contributed by atoms with van der Waals surface area (Å²) >= 11 is 0. The fraction of sp³-hybridized carbons (Fsp3) is 0.350. The van der Waals surface area contributed by atoms with Crippen LogP contribution < -0.4 is 14.5 Å². The molecule has 4 rings (SSSR count). The summed E-state index contributed by atoms with van der Waals surface area (Å²) in [5.74, 6) is 0.265. The number of carbonyl (C=O) groups excluding carboxylic acids is 1. The molecule has 142 valence electrons. The molecule has 1 saturated heterocycles. The van der Waals surface area contributed by atoms with Crippen molar-refractivity contribution in [3.63, 3.8) is 0 Å². The summed E-state index contributed by atoms with van der Waals surface area (Å²) in [5.41, 5.74) is 2.73. The van der Waals surface area contributed by atoms with Crippen molar-refractivity contribution in [2.24, 2.45) is 5.92 Å². The van der Waals surface area contributed by atoms with Gasteiger partial charge in [-0.1, -0.05) is 18.2 Å². The smallest absolute Gasteiger partial charge is 0.240 e. The highest BCUT2D eigenvalue weighted by atomic mass is 32.2.